The average molecular weight is 796 g/mol. The molecule has 2 aromatic rings. The normalized spacial score (nSPS) is 37.1. The van der Waals surface area contributed by atoms with Crippen molar-refractivity contribution in [3.8, 4) is 22.4 Å². The topological polar surface area (TPSA) is 163 Å². The molecule has 56 heavy (non-hydrogen) atoms. The zero-order chi connectivity index (χ0) is 41.1. The molecule has 0 bridgehead atoms. The molecular formula is C42H57N3O10S. The molecule has 2 aromatic heterocycles. The highest BCUT2D eigenvalue weighted by Crippen LogP contribution is 2.40. The number of rotatable bonds is 7. The summed E-state index contributed by atoms with van der Waals surface area (Å²) in [6.07, 6.45) is -2.75. The third-order valence-corrected chi connectivity index (χ3v) is 12.7. The molecule has 0 aromatic carbocycles. The van der Waals surface area contributed by atoms with E-state index in [0.29, 0.717) is 6.42 Å². The second kappa shape index (κ2) is 17.8. The van der Waals surface area contributed by atoms with Gasteiger partial charge in [-0.05, 0) is 85.3 Å². The second-order valence-electron chi connectivity index (χ2n) is 16.1. The van der Waals surface area contributed by atoms with Gasteiger partial charge >= 0.3 is 12.1 Å². The lowest BCUT2D eigenvalue weighted by atomic mass is 9.73. The molecule has 5 rings (SSSR count). The first-order valence-corrected chi connectivity index (χ1v) is 20.3. The Morgan fingerprint density at radius 2 is 1.77 bits per heavy atom. The van der Waals surface area contributed by atoms with Gasteiger partial charge in [0.25, 0.3) is 0 Å². The van der Waals surface area contributed by atoms with E-state index in [1.165, 1.54) is 18.3 Å². The number of hydrogen-bond donors (Lipinski definition) is 2. The first kappa shape index (κ1) is 43.4. The summed E-state index contributed by atoms with van der Waals surface area (Å²) in [5.74, 6) is 1.04. The number of amides is 1. The summed E-state index contributed by atoms with van der Waals surface area (Å²) in [4.78, 5) is 63.5. The van der Waals surface area contributed by atoms with Gasteiger partial charge in [-0.2, -0.15) is 0 Å². The minimum absolute atomic E-state index is 0.0622. The summed E-state index contributed by atoms with van der Waals surface area (Å²) in [6.45, 7) is 13.6. The lowest BCUT2D eigenvalue weighted by molar-refractivity contribution is -0.296. The summed E-state index contributed by atoms with van der Waals surface area (Å²) in [7, 11) is 3.73. The monoisotopic (exact) mass is 795 g/mol. The third kappa shape index (κ3) is 9.19. The fourth-order valence-corrected chi connectivity index (χ4v) is 9.36. The number of aliphatic hydroxyl groups excluding tert-OH is 1. The molecule has 3 aliphatic rings. The van der Waals surface area contributed by atoms with Gasteiger partial charge in [0.05, 0.1) is 39.3 Å². The van der Waals surface area contributed by atoms with Crippen LogP contribution in [-0.2, 0) is 38.1 Å². The van der Waals surface area contributed by atoms with Crippen LogP contribution in [0.4, 0.5) is 4.79 Å². The Morgan fingerprint density at radius 3 is 2.43 bits per heavy atom. The zero-order valence-corrected chi connectivity index (χ0v) is 34.9. The highest BCUT2D eigenvalue weighted by Gasteiger charge is 2.57. The number of pyridine rings is 1. The quantitative estimate of drug-likeness (QED) is 0.219. The van der Waals surface area contributed by atoms with Gasteiger partial charge in [0, 0.05) is 30.0 Å². The molecule has 3 aliphatic heterocycles. The van der Waals surface area contributed by atoms with E-state index in [0.717, 1.165) is 15.4 Å². The maximum Gasteiger partial charge on any atom is 0.408 e. The van der Waals surface area contributed by atoms with Crippen molar-refractivity contribution in [2.24, 2.45) is 23.7 Å². The largest absolute Gasteiger partial charge is 0.458 e. The Hall–Kier alpha value is -3.71. The number of nitrogens with zero attached hydrogens (tertiary/aromatic N) is 2. The molecule has 5 heterocycles. The van der Waals surface area contributed by atoms with E-state index >= 15 is 0 Å². The van der Waals surface area contributed by atoms with Crippen LogP contribution in [0.5, 0.6) is 0 Å². The van der Waals surface area contributed by atoms with Crippen LogP contribution in [0.15, 0.2) is 36.5 Å². The van der Waals surface area contributed by atoms with E-state index in [4.69, 9.17) is 23.7 Å². The third-order valence-electron chi connectivity index (χ3n) is 11.7. The molecule has 3 saturated heterocycles. The number of alkyl carbamates (subject to hydrolysis) is 1. The van der Waals surface area contributed by atoms with Gasteiger partial charge in [-0.15, -0.1) is 11.3 Å². The molecule has 1 amide bonds. The Kier molecular flexibility index (Phi) is 13.8. The van der Waals surface area contributed by atoms with Gasteiger partial charge in [-0.1, -0.05) is 45.6 Å². The Bertz CT molecular complexity index is 1790. The summed E-state index contributed by atoms with van der Waals surface area (Å²) in [5, 5.41) is 14.4. The highest BCUT2D eigenvalue weighted by molar-refractivity contribution is 7.16. The number of carbonyl (C=O) groups excluding carboxylic acids is 4. The van der Waals surface area contributed by atoms with E-state index in [9.17, 15) is 24.3 Å². The molecule has 0 unspecified atom stereocenters. The van der Waals surface area contributed by atoms with Crippen LogP contribution in [0.3, 0.4) is 0 Å². The molecule has 13 nitrogen and oxygen atoms in total. The number of carbonyl (C=O) groups is 4. The predicted octanol–water partition coefficient (Wildman–Crippen LogP) is 5.02. The molecular weight excluding hydrogens is 739 g/mol. The van der Waals surface area contributed by atoms with Crippen LogP contribution >= 0.6 is 11.3 Å². The standard InChI is InChI=1S/C42H57N3O10S/c1-11-32-42(8)36(44-40(50)55-42)25(4)33(46)23(2)22-41(7,51-20-14-15-28-17-18-31(56-28)29-16-12-13-19-43-29)37(26(5)34(47)27(6)38(49)53-32)54-39-35(48)30(45(9)10)21-24(3)52-39/h12-13,16-19,23-27,30,32,35-37,39,48H,11,20-22H2,1-10H3,(H,44,50)/t23-,24-,25+,26+,27-,30+,32-,35-,36-,37-,39+,41+,42-/m1/s1. The molecule has 0 radical (unpaired) electrons. The van der Waals surface area contributed by atoms with Crippen LogP contribution in [0.25, 0.3) is 10.6 Å². The van der Waals surface area contributed by atoms with Crippen LogP contribution in [0.1, 0.15) is 79.5 Å². The minimum Gasteiger partial charge on any atom is -0.458 e. The van der Waals surface area contributed by atoms with Crippen molar-refractivity contribution >= 4 is 35.0 Å². The number of hydrogen-bond acceptors (Lipinski definition) is 13. The lowest BCUT2D eigenvalue weighted by Crippen LogP contribution is -2.60. The first-order chi connectivity index (χ1) is 26.4. The summed E-state index contributed by atoms with van der Waals surface area (Å²) in [5.41, 5.74) is -1.95. The summed E-state index contributed by atoms with van der Waals surface area (Å²) >= 11 is 1.49. The van der Waals surface area contributed by atoms with Crippen molar-refractivity contribution in [1.82, 2.24) is 15.2 Å². The van der Waals surface area contributed by atoms with Crippen LogP contribution < -0.4 is 5.32 Å². The Labute approximate surface area is 334 Å². The maximum atomic E-state index is 14.4. The van der Waals surface area contributed by atoms with Crippen molar-refractivity contribution in [2.75, 3.05) is 20.7 Å². The Balaban J connectivity index is 1.55. The van der Waals surface area contributed by atoms with Crippen LogP contribution in [0, 0.1) is 35.5 Å². The number of nitrogens with one attached hydrogen (secondary N) is 1. The molecule has 14 heteroatoms. The fourth-order valence-electron chi connectivity index (χ4n) is 8.50. The number of esters is 1. The molecule has 2 N–H and O–H groups in total. The lowest BCUT2D eigenvalue weighted by Gasteiger charge is -2.47. The van der Waals surface area contributed by atoms with Gasteiger partial charge in [-0.25, -0.2) is 4.79 Å². The SMILES string of the molecule is CC[C@H]1OC(=O)[C@H](C)C(=O)[C@H](C)[C@@H](O[C@@H]2O[C@H](C)C[C@H](N(C)C)[C@H]2O)[C@@](C)(OCC#Cc2ccc(-c3ccccn3)s2)C[C@@H](C)C(=O)[C@H](C)[C@H]2NC(=O)O[C@@]21C. The number of Topliss-reactive ketones (excluding diaryl/α,β-unsaturated/α-hetero) is 2. The summed E-state index contributed by atoms with van der Waals surface area (Å²) in [6, 6.07) is 8.42. The molecule has 0 aliphatic carbocycles. The molecule has 306 valence electrons. The van der Waals surface area contributed by atoms with E-state index in [1.54, 1.807) is 47.7 Å². The van der Waals surface area contributed by atoms with Crippen LogP contribution in [-0.4, -0.2) is 113 Å². The number of aromatic nitrogens is 1. The molecule has 0 saturated carbocycles. The van der Waals surface area contributed by atoms with E-state index in [1.807, 2.05) is 56.3 Å². The number of ketones is 2. The average Bonchev–Trinajstić information content (AvgIpc) is 3.77. The first-order valence-electron chi connectivity index (χ1n) is 19.5. The van der Waals surface area contributed by atoms with E-state index in [2.05, 4.69) is 22.1 Å². The number of cyclic esters (lactones) is 1. The maximum absolute atomic E-state index is 14.4. The van der Waals surface area contributed by atoms with Gasteiger partial charge in [0.15, 0.2) is 17.7 Å². The number of ether oxygens (including phenoxy) is 5. The van der Waals surface area contributed by atoms with Crippen molar-refractivity contribution < 1.29 is 48.0 Å². The van der Waals surface area contributed by atoms with Crippen LogP contribution in [0.2, 0.25) is 0 Å². The fraction of sp³-hybridized carbons (Fsp3) is 0.643. The predicted molar refractivity (Wildman–Crippen MR) is 209 cm³/mol. The van der Waals surface area contributed by atoms with Crippen molar-refractivity contribution in [3.63, 3.8) is 0 Å². The van der Waals surface area contributed by atoms with Gasteiger partial charge in [0.1, 0.15) is 30.5 Å². The van der Waals surface area contributed by atoms with Gasteiger partial charge < -0.3 is 39.0 Å². The Morgan fingerprint density at radius 1 is 1.04 bits per heavy atom. The highest BCUT2D eigenvalue weighted by atomic mass is 32.1. The number of aliphatic hydroxyl groups is 1. The second-order valence-corrected chi connectivity index (χ2v) is 17.2. The molecule has 0 spiro atoms. The van der Waals surface area contributed by atoms with Gasteiger partial charge in [0.2, 0.25) is 0 Å². The van der Waals surface area contributed by atoms with Crippen molar-refractivity contribution in [2.45, 2.75) is 129 Å². The molecule has 13 atom stereocenters. The molecule has 3 fully saturated rings. The van der Waals surface area contributed by atoms with E-state index in [-0.39, 0.29) is 37.4 Å². The number of fused-ring (bicyclic) bond motifs is 1. The number of thiophene rings is 1. The van der Waals surface area contributed by atoms with Gasteiger partial charge in [-0.3, -0.25) is 19.4 Å². The smallest absolute Gasteiger partial charge is 0.408 e. The number of likely N-dealkylation sites (N-methyl/N-ethyl adjacent to an activating group) is 1. The van der Waals surface area contributed by atoms with Crippen molar-refractivity contribution in [1.29, 1.82) is 0 Å². The minimum atomic E-state index is -1.40. The summed E-state index contributed by atoms with van der Waals surface area (Å²) < 4.78 is 31.3. The van der Waals surface area contributed by atoms with E-state index < -0.39 is 83.4 Å². The van der Waals surface area contributed by atoms with Crippen molar-refractivity contribution in [3.05, 3.63) is 41.4 Å². The zero-order valence-electron chi connectivity index (χ0n) is 34.1.